The summed E-state index contributed by atoms with van der Waals surface area (Å²) in [7, 11) is 0. The molecule has 3 rings (SSSR count). The maximum Gasteiger partial charge on any atom is 0.416 e. The SMILES string of the molecule is O=C(NCC(=O)N1CCN(c2cccc(C(F)(F)F)c2)CC1)c1ccccc1F. The highest BCUT2D eigenvalue weighted by Crippen LogP contribution is 2.31. The average molecular weight is 409 g/mol. The Labute approximate surface area is 164 Å². The van der Waals surface area contributed by atoms with E-state index in [1.54, 1.807) is 11.0 Å². The maximum atomic E-state index is 13.6. The standard InChI is InChI=1S/C20H19F4N3O2/c21-17-7-2-1-6-16(17)19(29)25-13-18(28)27-10-8-26(9-11-27)15-5-3-4-14(12-15)20(22,23)24/h1-7,12H,8-11,13H2,(H,25,29). The largest absolute Gasteiger partial charge is 0.416 e. The number of halogens is 4. The molecule has 29 heavy (non-hydrogen) atoms. The summed E-state index contributed by atoms with van der Waals surface area (Å²) >= 11 is 0. The third-order valence-corrected chi connectivity index (χ3v) is 4.69. The molecule has 0 atom stereocenters. The van der Waals surface area contributed by atoms with Crippen molar-refractivity contribution in [3.05, 3.63) is 65.5 Å². The number of piperazine rings is 1. The molecule has 1 heterocycles. The molecule has 2 aromatic rings. The smallest absolute Gasteiger partial charge is 0.368 e. The van der Waals surface area contributed by atoms with Gasteiger partial charge in [0.15, 0.2) is 0 Å². The van der Waals surface area contributed by atoms with Gasteiger partial charge in [0.25, 0.3) is 5.91 Å². The molecule has 0 aromatic heterocycles. The molecule has 9 heteroatoms. The Morgan fingerprint density at radius 2 is 1.66 bits per heavy atom. The van der Waals surface area contributed by atoms with Crippen molar-refractivity contribution in [2.24, 2.45) is 0 Å². The molecule has 0 spiro atoms. The second-order valence-electron chi connectivity index (χ2n) is 6.58. The van der Waals surface area contributed by atoms with Gasteiger partial charge in [0.2, 0.25) is 5.91 Å². The first-order valence-electron chi connectivity index (χ1n) is 8.98. The Morgan fingerprint density at radius 1 is 0.966 bits per heavy atom. The van der Waals surface area contributed by atoms with Crippen molar-refractivity contribution in [1.29, 1.82) is 0 Å². The van der Waals surface area contributed by atoms with Gasteiger partial charge in [-0.25, -0.2) is 4.39 Å². The van der Waals surface area contributed by atoms with E-state index < -0.39 is 23.5 Å². The minimum absolute atomic E-state index is 0.144. The van der Waals surface area contributed by atoms with Crippen molar-refractivity contribution >= 4 is 17.5 Å². The first-order valence-corrected chi connectivity index (χ1v) is 8.98. The zero-order valence-corrected chi connectivity index (χ0v) is 15.4. The number of anilines is 1. The van der Waals surface area contributed by atoms with Crippen LogP contribution in [0.25, 0.3) is 0 Å². The van der Waals surface area contributed by atoms with Gasteiger partial charge in [0.1, 0.15) is 5.82 Å². The number of carbonyl (C=O) groups is 2. The predicted octanol–water partition coefficient (Wildman–Crippen LogP) is 2.92. The molecule has 1 fully saturated rings. The van der Waals surface area contributed by atoms with Crippen LogP contribution in [0, 0.1) is 5.82 Å². The summed E-state index contributed by atoms with van der Waals surface area (Å²) in [4.78, 5) is 27.6. The summed E-state index contributed by atoms with van der Waals surface area (Å²) in [5, 5.41) is 2.40. The van der Waals surface area contributed by atoms with Gasteiger partial charge in [-0.15, -0.1) is 0 Å². The van der Waals surface area contributed by atoms with Crippen molar-refractivity contribution in [3.8, 4) is 0 Å². The number of nitrogens with zero attached hydrogens (tertiary/aromatic N) is 2. The van der Waals surface area contributed by atoms with Crippen LogP contribution in [-0.2, 0) is 11.0 Å². The minimum atomic E-state index is -4.41. The number of rotatable bonds is 4. The van der Waals surface area contributed by atoms with Gasteiger partial charge in [-0.1, -0.05) is 18.2 Å². The normalized spacial score (nSPS) is 14.6. The summed E-state index contributed by atoms with van der Waals surface area (Å²) < 4.78 is 52.2. The Kier molecular flexibility index (Phi) is 6.05. The highest BCUT2D eigenvalue weighted by Gasteiger charge is 2.31. The van der Waals surface area contributed by atoms with Crippen LogP contribution in [0.4, 0.5) is 23.2 Å². The van der Waals surface area contributed by atoms with E-state index in [2.05, 4.69) is 5.32 Å². The summed E-state index contributed by atoms with van der Waals surface area (Å²) in [5.74, 6) is -1.69. The molecule has 1 saturated heterocycles. The Bertz CT molecular complexity index is 893. The number of benzene rings is 2. The molecular weight excluding hydrogens is 390 g/mol. The fraction of sp³-hybridized carbons (Fsp3) is 0.300. The minimum Gasteiger partial charge on any atom is -0.368 e. The molecule has 0 bridgehead atoms. The summed E-state index contributed by atoms with van der Waals surface area (Å²) in [5.41, 5.74) is -0.418. The van der Waals surface area contributed by atoms with E-state index in [9.17, 15) is 27.2 Å². The van der Waals surface area contributed by atoms with Gasteiger partial charge in [-0.05, 0) is 30.3 Å². The van der Waals surface area contributed by atoms with Crippen molar-refractivity contribution < 1.29 is 27.2 Å². The molecule has 0 saturated carbocycles. The first-order chi connectivity index (χ1) is 13.8. The lowest BCUT2D eigenvalue weighted by atomic mass is 10.1. The van der Waals surface area contributed by atoms with Crippen molar-refractivity contribution in [3.63, 3.8) is 0 Å². The second-order valence-corrected chi connectivity index (χ2v) is 6.58. The Morgan fingerprint density at radius 3 is 2.31 bits per heavy atom. The Hall–Kier alpha value is -3.10. The number of carbonyl (C=O) groups excluding carboxylic acids is 2. The number of amides is 2. The van der Waals surface area contributed by atoms with Crippen LogP contribution in [0.1, 0.15) is 15.9 Å². The molecule has 2 amide bonds. The van der Waals surface area contributed by atoms with Gasteiger partial charge in [0, 0.05) is 31.9 Å². The highest BCUT2D eigenvalue weighted by molar-refractivity contribution is 5.96. The molecule has 1 aliphatic rings. The Balaban J connectivity index is 1.52. The zero-order valence-electron chi connectivity index (χ0n) is 15.4. The fourth-order valence-electron chi connectivity index (χ4n) is 3.10. The summed E-state index contributed by atoms with van der Waals surface area (Å²) in [6.07, 6.45) is -4.41. The van der Waals surface area contributed by atoms with Crippen molar-refractivity contribution in [1.82, 2.24) is 10.2 Å². The van der Waals surface area contributed by atoms with Crippen LogP contribution in [0.15, 0.2) is 48.5 Å². The fourth-order valence-corrected chi connectivity index (χ4v) is 3.10. The molecule has 0 radical (unpaired) electrons. The predicted molar refractivity (Wildman–Crippen MR) is 99.0 cm³/mol. The van der Waals surface area contributed by atoms with Crippen LogP contribution in [0.5, 0.6) is 0 Å². The monoisotopic (exact) mass is 409 g/mol. The van der Waals surface area contributed by atoms with E-state index in [0.717, 1.165) is 18.2 Å². The van der Waals surface area contributed by atoms with Crippen molar-refractivity contribution in [2.75, 3.05) is 37.6 Å². The molecule has 154 valence electrons. The number of hydrogen-bond acceptors (Lipinski definition) is 3. The van der Waals surface area contributed by atoms with Gasteiger partial charge >= 0.3 is 6.18 Å². The highest BCUT2D eigenvalue weighted by atomic mass is 19.4. The van der Waals surface area contributed by atoms with Gasteiger partial charge in [-0.2, -0.15) is 13.2 Å². The lowest BCUT2D eigenvalue weighted by Gasteiger charge is -2.36. The molecule has 1 aliphatic heterocycles. The maximum absolute atomic E-state index is 13.6. The molecule has 5 nitrogen and oxygen atoms in total. The van der Waals surface area contributed by atoms with Crippen LogP contribution < -0.4 is 10.2 Å². The lowest BCUT2D eigenvalue weighted by Crippen LogP contribution is -2.51. The molecule has 0 unspecified atom stereocenters. The van der Waals surface area contributed by atoms with Gasteiger partial charge < -0.3 is 15.1 Å². The third-order valence-electron chi connectivity index (χ3n) is 4.69. The number of hydrogen-bond donors (Lipinski definition) is 1. The topological polar surface area (TPSA) is 52.7 Å². The van der Waals surface area contributed by atoms with Gasteiger partial charge in [-0.3, -0.25) is 9.59 Å². The summed E-state index contributed by atoms with van der Waals surface area (Å²) in [6, 6.07) is 10.5. The first kappa shape index (κ1) is 20.6. The van der Waals surface area contributed by atoms with E-state index in [4.69, 9.17) is 0 Å². The quantitative estimate of drug-likeness (QED) is 0.791. The van der Waals surface area contributed by atoms with Gasteiger partial charge in [0.05, 0.1) is 17.7 Å². The van der Waals surface area contributed by atoms with Crippen LogP contribution in [-0.4, -0.2) is 49.4 Å². The lowest BCUT2D eigenvalue weighted by molar-refractivity contribution is -0.137. The van der Waals surface area contributed by atoms with E-state index in [-0.39, 0.29) is 18.0 Å². The van der Waals surface area contributed by atoms with E-state index in [0.29, 0.717) is 31.9 Å². The second kappa shape index (κ2) is 8.50. The average Bonchev–Trinajstić information content (AvgIpc) is 2.71. The zero-order chi connectivity index (χ0) is 21.0. The van der Waals surface area contributed by atoms with E-state index in [1.807, 2.05) is 0 Å². The molecule has 0 aliphatic carbocycles. The molecule has 2 aromatic carbocycles. The van der Waals surface area contributed by atoms with E-state index in [1.165, 1.54) is 29.2 Å². The summed E-state index contributed by atoms with van der Waals surface area (Å²) in [6.45, 7) is 1.08. The molecule has 1 N–H and O–H groups in total. The van der Waals surface area contributed by atoms with E-state index >= 15 is 0 Å². The van der Waals surface area contributed by atoms with Crippen LogP contribution in [0.2, 0.25) is 0 Å². The third kappa shape index (κ3) is 5.04. The van der Waals surface area contributed by atoms with Crippen molar-refractivity contribution in [2.45, 2.75) is 6.18 Å². The molecular formula is C20H19F4N3O2. The van der Waals surface area contributed by atoms with Crippen LogP contribution >= 0.6 is 0 Å². The number of alkyl halides is 3. The van der Waals surface area contributed by atoms with Crippen LogP contribution in [0.3, 0.4) is 0 Å². The number of nitrogens with one attached hydrogen (secondary N) is 1.